The van der Waals surface area contributed by atoms with Crippen LogP contribution < -0.4 is 9.62 Å². The largest absolute Gasteiger partial charge is 0.344 e. The SMILES string of the molecule is O=C1CN(S(=O)(=O)c2ccccn2)CCCC1NC(=O)C(CC1CCCCC1)N(c1cccs1)S(=O)O. The Kier molecular flexibility index (Phi) is 9.46. The summed E-state index contributed by atoms with van der Waals surface area (Å²) in [7, 11) is -3.95. The maximum atomic E-state index is 13.6. The van der Waals surface area contributed by atoms with E-state index < -0.39 is 45.1 Å². The Morgan fingerprint density at radius 1 is 1.19 bits per heavy atom. The fourth-order valence-electron chi connectivity index (χ4n) is 5.04. The molecule has 0 spiro atoms. The lowest BCUT2D eigenvalue weighted by molar-refractivity contribution is -0.128. The zero-order valence-corrected chi connectivity index (χ0v) is 22.8. The van der Waals surface area contributed by atoms with E-state index in [4.69, 9.17) is 0 Å². The highest BCUT2D eigenvalue weighted by molar-refractivity contribution is 7.89. The predicted molar refractivity (Wildman–Crippen MR) is 142 cm³/mol. The van der Waals surface area contributed by atoms with Gasteiger partial charge in [0.05, 0.1) is 12.6 Å². The molecule has 1 aliphatic heterocycles. The molecule has 1 saturated carbocycles. The van der Waals surface area contributed by atoms with Crippen molar-refractivity contribution >= 4 is 49.3 Å². The second-order valence-corrected chi connectivity index (χ2v) is 13.1. The lowest BCUT2D eigenvalue weighted by Gasteiger charge is -2.33. The summed E-state index contributed by atoms with van der Waals surface area (Å²) < 4.78 is 50.9. The fraction of sp³-hybridized carbons (Fsp3) is 0.542. The van der Waals surface area contributed by atoms with Crippen LogP contribution in [-0.2, 0) is 30.9 Å². The van der Waals surface area contributed by atoms with Gasteiger partial charge in [0, 0.05) is 12.7 Å². The molecule has 2 aliphatic rings. The van der Waals surface area contributed by atoms with Crippen molar-refractivity contribution in [3.8, 4) is 0 Å². The van der Waals surface area contributed by atoms with Gasteiger partial charge in [-0.2, -0.15) is 4.31 Å². The number of carbonyl (C=O) groups is 2. The van der Waals surface area contributed by atoms with Crippen molar-refractivity contribution in [3.05, 3.63) is 41.9 Å². The Morgan fingerprint density at radius 2 is 1.97 bits per heavy atom. The highest BCUT2D eigenvalue weighted by atomic mass is 32.2. The lowest BCUT2D eigenvalue weighted by atomic mass is 9.84. The number of pyridine rings is 1. The predicted octanol–water partition coefficient (Wildman–Crippen LogP) is 2.96. The number of nitrogens with one attached hydrogen (secondary N) is 1. The number of rotatable bonds is 9. The van der Waals surface area contributed by atoms with Crippen LogP contribution in [0.5, 0.6) is 0 Å². The molecule has 13 heteroatoms. The van der Waals surface area contributed by atoms with Crippen LogP contribution >= 0.6 is 11.3 Å². The van der Waals surface area contributed by atoms with E-state index in [9.17, 15) is 26.8 Å². The number of Topliss-reactive ketones (excluding diaryl/α,β-unsaturated/α-hetero) is 1. The summed E-state index contributed by atoms with van der Waals surface area (Å²) in [6, 6.07) is 6.19. The zero-order valence-electron chi connectivity index (χ0n) is 20.4. The van der Waals surface area contributed by atoms with Crippen LogP contribution in [-0.4, -0.2) is 63.3 Å². The van der Waals surface area contributed by atoms with Gasteiger partial charge in [-0.05, 0) is 54.8 Å². The molecule has 37 heavy (non-hydrogen) atoms. The first kappa shape index (κ1) is 27.8. The molecule has 1 amide bonds. The summed E-state index contributed by atoms with van der Waals surface area (Å²) in [5.41, 5.74) is 0. The Labute approximate surface area is 223 Å². The number of amides is 1. The molecular weight excluding hydrogens is 536 g/mol. The van der Waals surface area contributed by atoms with Gasteiger partial charge in [-0.25, -0.2) is 21.9 Å². The third kappa shape index (κ3) is 6.82. The second-order valence-electron chi connectivity index (χ2n) is 9.44. The number of ketones is 1. The molecule has 0 radical (unpaired) electrons. The molecule has 4 rings (SSSR count). The van der Waals surface area contributed by atoms with Crippen LogP contribution in [0.2, 0.25) is 0 Å². The molecule has 3 heterocycles. The summed E-state index contributed by atoms with van der Waals surface area (Å²) in [4.78, 5) is 30.6. The van der Waals surface area contributed by atoms with Crippen molar-refractivity contribution in [1.82, 2.24) is 14.6 Å². The van der Waals surface area contributed by atoms with Crippen LogP contribution in [0.1, 0.15) is 51.4 Å². The van der Waals surface area contributed by atoms with E-state index in [1.807, 2.05) is 0 Å². The molecule has 2 aromatic rings. The Bertz CT molecular complexity index is 1190. The summed E-state index contributed by atoms with van der Waals surface area (Å²) in [5.74, 6) is -0.685. The molecule has 1 saturated heterocycles. The van der Waals surface area contributed by atoms with Gasteiger partial charge in [0.25, 0.3) is 21.3 Å². The molecular formula is C24H32N4O6S3. The van der Waals surface area contributed by atoms with Gasteiger partial charge < -0.3 is 5.32 Å². The first-order valence-electron chi connectivity index (χ1n) is 12.5. The van der Waals surface area contributed by atoms with E-state index >= 15 is 0 Å². The quantitative estimate of drug-likeness (QED) is 0.444. The number of aromatic nitrogens is 1. The molecule has 2 aromatic heterocycles. The number of sulfonamides is 1. The average Bonchev–Trinajstić information content (AvgIpc) is 3.35. The maximum absolute atomic E-state index is 13.6. The summed E-state index contributed by atoms with van der Waals surface area (Å²) >= 11 is -1.18. The fourth-order valence-corrected chi connectivity index (χ4v) is 8.03. The number of anilines is 1. The first-order valence-corrected chi connectivity index (χ1v) is 15.8. The van der Waals surface area contributed by atoms with Gasteiger partial charge in [0.15, 0.2) is 10.8 Å². The number of carbonyl (C=O) groups excluding carboxylic acids is 2. The molecule has 202 valence electrons. The highest BCUT2D eigenvalue weighted by Gasteiger charge is 2.38. The molecule has 10 nitrogen and oxygen atoms in total. The van der Waals surface area contributed by atoms with E-state index in [1.165, 1.54) is 27.9 Å². The number of hydrogen-bond donors (Lipinski definition) is 2. The lowest BCUT2D eigenvalue weighted by Crippen LogP contribution is -2.53. The molecule has 0 bridgehead atoms. The van der Waals surface area contributed by atoms with Crippen LogP contribution in [0.3, 0.4) is 0 Å². The first-order chi connectivity index (χ1) is 17.8. The van der Waals surface area contributed by atoms with Gasteiger partial charge in [-0.1, -0.05) is 38.2 Å². The van der Waals surface area contributed by atoms with E-state index in [-0.39, 0.29) is 30.5 Å². The van der Waals surface area contributed by atoms with E-state index in [0.717, 1.165) is 36.4 Å². The molecule has 2 fully saturated rings. The normalized spacial score (nSPS) is 21.6. The van der Waals surface area contributed by atoms with Gasteiger partial charge in [0.1, 0.15) is 11.0 Å². The van der Waals surface area contributed by atoms with Crippen LogP contribution in [0, 0.1) is 5.92 Å². The molecule has 2 N–H and O–H groups in total. The summed E-state index contributed by atoms with van der Waals surface area (Å²) in [5, 5.41) is 4.94. The zero-order chi connectivity index (χ0) is 26.4. The van der Waals surface area contributed by atoms with Crippen LogP contribution in [0.4, 0.5) is 5.00 Å². The number of hydrogen-bond acceptors (Lipinski definition) is 7. The smallest absolute Gasteiger partial charge is 0.263 e. The molecule has 3 unspecified atom stereocenters. The van der Waals surface area contributed by atoms with Crippen molar-refractivity contribution in [3.63, 3.8) is 0 Å². The van der Waals surface area contributed by atoms with Crippen molar-refractivity contribution < 1.29 is 26.8 Å². The summed E-state index contributed by atoms with van der Waals surface area (Å²) in [6.07, 6.45) is 7.58. The van der Waals surface area contributed by atoms with Gasteiger partial charge in [0.2, 0.25) is 5.91 Å². The van der Waals surface area contributed by atoms with Crippen LogP contribution in [0.25, 0.3) is 0 Å². The van der Waals surface area contributed by atoms with Crippen molar-refractivity contribution in [2.45, 2.75) is 68.5 Å². The third-order valence-electron chi connectivity index (χ3n) is 6.94. The molecule has 3 atom stereocenters. The molecule has 0 aromatic carbocycles. The Hall–Kier alpha value is -2.19. The third-order valence-corrected chi connectivity index (χ3v) is 10.5. The van der Waals surface area contributed by atoms with Crippen molar-refractivity contribution in [2.75, 3.05) is 17.4 Å². The topological polar surface area (TPSA) is 137 Å². The monoisotopic (exact) mass is 568 g/mol. The van der Waals surface area contributed by atoms with Crippen molar-refractivity contribution in [1.29, 1.82) is 0 Å². The molecule has 1 aliphatic carbocycles. The minimum absolute atomic E-state index is 0.129. The second kappa shape index (κ2) is 12.6. The maximum Gasteiger partial charge on any atom is 0.263 e. The van der Waals surface area contributed by atoms with Crippen LogP contribution in [0.15, 0.2) is 46.9 Å². The van der Waals surface area contributed by atoms with E-state index in [0.29, 0.717) is 17.8 Å². The average molecular weight is 569 g/mol. The number of nitrogens with zero attached hydrogens (tertiary/aromatic N) is 3. The van der Waals surface area contributed by atoms with Gasteiger partial charge in [-0.3, -0.25) is 14.1 Å². The standard InChI is InChI=1S/C24H32N4O6S3/c29-21-17-27(37(33,34)22-11-4-5-13-25-22)14-6-10-19(21)26-24(30)20(16-18-8-2-1-3-9-18)28(36(31)32)23-12-7-15-35-23/h4-5,7,11-13,15,18-20H,1-3,6,8-10,14,16-17H2,(H,26,30)(H,31,32). The van der Waals surface area contributed by atoms with Gasteiger partial charge in [-0.15, -0.1) is 11.3 Å². The Balaban J connectivity index is 1.51. The highest BCUT2D eigenvalue weighted by Crippen LogP contribution is 2.32. The van der Waals surface area contributed by atoms with E-state index in [2.05, 4.69) is 10.3 Å². The van der Waals surface area contributed by atoms with Crippen molar-refractivity contribution in [2.24, 2.45) is 5.92 Å². The van der Waals surface area contributed by atoms with Gasteiger partial charge >= 0.3 is 0 Å². The van der Waals surface area contributed by atoms with E-state index in [1.54, 1.807) is 29.6 Å². The number of thiophene rings is 1. The minimum Gasteiger partial charge on any atom is -0.344 e. The Morgan fingerprint density at radius 3 is 2.62 bits per heavy atom. The minimum atomic E-state index is -3.95. The summed E-state index contributed by atoms with van der Waals surface area (Å²) in [6.45, 7) is -0.248.